The molecule has 0 spiro atoms. The van der Waals surface area contributed by atoms with E-state index in [-0.39, 0.29) is 29.9 Å². The molecule has 3 rings (SSSR count). The average molecular weight is 321 g/mol. The molecular weight excluding hydrogens is 298 g/mol. The molecular formula is C16H23N3O2S. The highest BCUT2D eigenvalue weighted by atomic mass is 32.1. The van der Waals surface area contributed by atoms with Crippen LogP contribution in [0.1, 0.15) is 31.6 Å². The Morgan fingerprint density at radius 3 is 2.95 bits per heavy atom. The third-order valence-electron chi connectivity index (χ3n) is 4.35. The van der Waals surface area contributed by atoms with Crippen molar-refractivity contribution >= 4 is 23.2 Å². The van der Waals surface area contributed by atoms with E-state index in [9.17, 15) is 9.59 Å². The van der Waals surface area contributed by atoms with Crippen molar-refractivity contribution in [2.75, 3.05) is 6.54 Å². The second kappa shape index (κ2) is 6.38. The van der Waals surface area contributed by atoms with Gasteiger partial charge in [-0.1, -0.05) is 19.9 Å². The van der Waals surface area contributed by atoms with Crippen molar-refractivity contribution in [3.63, 3.8) is 0 Å². The molecule has 0 aliphatic carbocycles. The van der Waals surface area contributed by atoms with E-state index < -0.39 is 0 Å². The van der Waals surface area contributed by atoms with Gasteiger partial charge in [0.15, 0.2) is 0 Å². The summed E-state index contributed by atoms with van der Waals surface area (Å²) in [6, 6.07) is 3.68. The summed E-state index contributed by atoms with van der Waals surface area (Å²) in [5.41, 5.74) is 0. The Kier molecular flexibility index (Phi) is 4.49. The number of hydrogen-bond acceptors (Lipinski definition) is 4. The summed E-state index contributed by atoms with van der Waals surface area (Å²) in [7, 11) is 0. The summed E-state index contributed by atoms with van der Waals surface area (Å²) >= 11 is 1.72. The predicted molar refractivity (Wildman–Crippen MR) is 86.5 cm³/mol. The van der Waals surface area contributed by atoms with Crippen molar-refractivity contribution in [1.29, 1.82) is 0 Å². The Bertz CT molecular complexity index is 544. The Labute approximate surface area is 135 Å². The third kappa shape index (κ3) is 3.17. The number of thiophene rings is 1. The topological polar surface area (TPSA) is 61.4 Å². The molecule has 0 unspecified atom stereocenters. The molecule has 0 bridgehead atoms. The summed E-state index contributed by atoms with van der Waals surface area (Å²) in [4.78, 5) is 27.9. The zero-order valence-corrected chi connectivity index (χ0v) is 13.9. The molecule has 120 valence electrons. The van der Waals surface area contributed by atoms with Crippen molar-refractivity contribution in [3.05, 3.63) is 22.4 Å². The zero-order chi connectivity index (χ0) is 15.7. The van der Waals surface area contributed by atoms with Gasteiger partial charge < -0.3 is 15.5 Å². The molecule has 2 amide bonds. The fourth-order valence-electron chi connectivity index (χ4n) is 3.30. The Hall–Kier alpha value is -1.40. The van der Waals surface area contributed by atoms with Gasteiger partial charge in [-0.15, -0.1) is 11.3 Å². The van der Waals surface area contributed by atoms with Crippen LogP contribution in [0.25, 0.3) is 0 Å². The van der Waals surface area contributed by atoms with E-state index in [0.717, 1.165) is 6.54 Å². The second-order valence-corrected chi connectivity index (χ2v) is 7.62. The van der Waals surface area contributed by atoms with Gasteiger partial charge in [0, 0.05) is 24.0 Å². The minimum absolute atomic E-state index is 0.00525. The highest BCUT2D eigenvalue weighted by Gasteiger charge is 2.46. The number of fused-ring (bicyclic) bond motifs is 1. The summed E-state index contributed by atoms with van der Waals surface area (Å²) in [6.45, 7) is 5.58. The maximum Gasteiger partial charge on any atom is 0.245 e. The molecule has 3 heterocycles. The molecule has 1 aromatic heterocycles. The lowest BCUT2D eigenvalue weighted by atomic mass is 9.99. The van der Waals surface area contributed by atoms with Crippen molar-refractivity contribution in [1.82, 2.24) is 15.5 Å². The first kappa shape index (κ1) is 15.5. The largest absolute Gasteiger partial charge is 0.342 e. The Morgan fingerprint density at radius 1 is 1.45 bits per heavy atom. The van der Waals surface area contributed by atoms with Gasteiger partial charge in [-0.25, -0.2) is 0 Å². The third-order valence-corrected chi connectivity index (χ3v) is 5.23. The molecule has 2 fully saturated rings. The summed E-state index contributed by atoms with van der Waals surface area (Å²) in [6.07, 6.45) is 1.42. The summed E-state index contributed by atoms with van der Waals surface area (Å²) in [5.74, 6) is 0.477. The van der Waals surface area contributed by atoms with Gasteiger partial charge in [0.25, 0.3) is 0 Å². The number of rotatable bonds is 5. The highest BCUT2D eigenvalue weighted by molar-refractivity contribution is 7.09. The number of carbonyl (C=O) groups excluding carboxylic acids is 2. The monoisotopic (exact) mass is 321 g/mol. The minimum Gasteiger partial charge on any atom is -0.342 e. The molecule has 3 atom stereocenters. The molecule has 0 radical (unpaired) electrons. The van der Waals surface area contributed by atoms with Crippen LogP contribution in [0.3, 0.4) is 0 Å². The van der Waals surface area contributed by atoms with Crippen LogP contribution >= 0.6 is 11.3 Å². The van der Waals surface area contributed by atoms with E-state index in [1.54, 1.807) is 16.2 Å². The van der Waals surface area contributed by atoms with Crippen LogP contribution in [0.4, 0.5) is 0 Å². The Morgan fingerprint density at radius 2 is 2.27 bits per heavy atom. The van der Waals surface area contributed by atoms with E-state index in [2.05, 4.69) is 35.9 Å². The normalized spacial score (nSPS) is 28.1. The van der Waals surface area contributed by atoms with Crippen LogP contribution in [0.15, 0.2) is 17.5 Å². The quantitative estimate of drug-likeness (QED) is 0.861. The van der Waals surface area contributed by atoms with Crippen LogP contribution in [0.2, 0.25) is 0 Å². The smallest absolute Gasteiger partial charge is 0.245 e. The molecule has 0 saturated carbocycles. The predicted octanol–water partition coefficient (Wildman–Crippen LogP) is 1.35. The van der Waals surface area contributed by atoms with Gasteiger partial charge in [0.05, 0.1) is 0 Å². The fraction of sp³-hybridized carbons (Fsp3) is 0.625. The first-order valence-corrected chi connectivity index (χ1v) is 8.79. The lowest BCUT2D eigenvalue weighted by Gasteiger charge is -2.35. The van der Waals surface area contributed by atoms with E-state index in [1.165, 1.54) is 4.88 Å². The lowest BCUT2D eigenvalue weighted by molar-refractivity contribution is -0.147. The molecule has 5 nitrogen and oxygen atoms in total. The first-order valence-electron chi connectivity index (χ1n) is 7.91. The molecule has 0 aromatic carbocycles. The number of amides is 2. The SMILES string of the molecule is CC(C)C[C@@H]1NC(=O)[C@@H]2C[C@H](NCc3cccs3)CN2C1=O. The first-order chi connectivity index (χ1) is 10.5. The van der Waals surface area contributed by atoms with Crippen molar-refractivity contribution in [3.8, 4) is 0 Å². The minimum atomic E-state index is -0.347. The standard InChI is InChI=1S/C16H23N3O2S/c1-10(2)6-13-16(21)19-9-11(7-14(19)15(20)18-13)17-8-12-4-3-5-22-12/h3-5,10-11,13-14,17H,6-9H2,1-2H3,(H,18,20)/t11-,13-,14-/m0/s1. The van der Waals surface area contributed by atoms with Crippen molar-refractivity contribution in [2.45, 2.75) is 51.4 Å². The molecule has 1 aromatic rings. The lowest BCUT2D eigenvalue weighted by Crippen LogP contribution is -2.61. The molecule has 2 saturated heterocycles. The van der Waals surface area contributed by atoms with Crippen LogP contribution in [0, 0.1) is 5.92 Å². The van der Waals surface area contributed by atoms with Crippen molar-refractivity contribution < 1.29 is 9.59 Å². The van der Waals surface area contributed by atoms with E-state index >= 15 is 0 Å². The van der Waals surface area contributed by atoms with Crippen LogP contribution in [-0.2, 0) is 16.1 Å². The fourth-order valence-corrected chi connectivity index (χ4v) is 3.95. The maximum atomic E-state index is 12.6. The maximum absolute atomic E-state index is 12.6. The zero-order valence-electron chi connectivity index (χ0n) is 13.0. The van der Waals surface area contributed by atoms with Gasteiger partial charge in [-0.2, -0.15) is 0 Å². The Balaban J connectivity index is 1.61. The van der Waals surface area contributed by atoms with Gasteiger partial charge in [0.1, 0.15) is 12.1 Å². The summed E-state index contributed by atoms with van der Waals surface area (Å²) in [5, 5.41) is 8.43. The van der Waals surface area contributed by atoms with Crippen LogP contribution < -0.4 is 10.6 Å². The highest BCUT2D eigenvalue weighted by Crippen LogP contribution is 2.25. The molecule has 22 heavy (non-hydrogen) atoms. The molecule has 2 N–H and O–H groups in total. The van der Waals surface area contributed by atoms with Crippen molar-refractivity contribution in [2.24, 2.45) is 5.92 Å². The number of carbonyl (C=O) groups is 2. The van der Waals surface area contributed by atoms with Gasteiger partial charge >= 0.3 is 0 Å². The summed E-state index contributed by atoms with van der Waals surface area (Å²) < 4.78 is 0. The van der Waals surface area contributed by atoms with Gasteiger partial charge in [0.2, 0.25) is 11.8 Å². The number of nitrogens with one attached hydrogen (secondary N) is 2. The van der Waals surface area contributed by atoms with Crippen LogP contribution in [0.5, 0.6) is 0 Å². The molecule has 2 aliphatic rings. The molecule has 6 heteroatoms. The van der Waals surface area contributed by atoms with E-state index in [0.29, 0.717) is 25.3 Å². The molecule has 2 aliphatic heterocycles. The number of hydrogen-bond donors (Lipinski definition) is 2. The number of piperazine rings is 1. The second-order valence-electron chi connectivity index (χ2n) is 6.59. The average Bonchev–Trinajstić information content (AvgIpc) is 3.11. The van der Waals surface area contributed by atoms with E-state index in [1.807, 2.05) is 6.07 Å². The van der Waals surface area contributed by atoms with Gasteiger partial charge in [-0.05, 0) is 30.2 Å². The van der Waals surface area contributed by atoms with Gasteiger partial charge in [-0.3, -0.25) is 9.59 Å². The van der Waals surface area contributed by atoms with Crippen LogP contribution in [-0.4, -0.2) is 41.4 Å². The number of nitrogens with zero attached hydrogens (tertiary/aromatic N) is 1. The van der Waals surface area contributed by atoms with E-state index in [4.69, 9.17) is 0 Å².